The van der Waals surface area contributed by atoms with Crippen LogP contribution in [0.25, 0.3) is 0 Å². The van der Waals surface area contributed by atoms with E-state index >= 15 is 0 Å². The van der Waals surface area contributed by atoms with Gasteiger partial charge in [0.2, 0.25) is 0 Å². The number of rotatable bonds is 8. The SMILES string of the molecule is COc1ccc(CN2CCN(Cc3cccc(OC)c3O)CC2CCO)c(C)c1C. The standard InChI is InChI=1S/C24H34N2O4/c1-17-18(2)22(29-3)9-8-19(17)15-26-12-11-25(16-21(26)10-13-27)14-20-6-5-7-23(30-4)24(20)28/h5-9,21,27-28H,10-16H2,1-4H3. The van der Waals surface area contributed by atoms with E-state index in [-0.39, 0.29) is 18.4 Å². The first-order valence-corrected chi connectivity index (χ1v) is 10.5. The number of aromatic hydroxyl groups is 1. The van der Waals surface area contributed by atoms with Gasteiger partial charge in [0.25, 0.3) is 0 Å². The number of para-hydroxylation sites is 1. The molecule has 6 heteroatoms. The van der Waals surface area contributed by atoms with Gasteiger partial charge in [-0.05, 0) is 49.1 Å². The predicted molar refractivity (Wildman–Crippen MR) is 118 cm³/mol. The van der Waals surface area contributed by atoms with Gasteiger partial charge in [-0.15, -0.1) is 0 Å². The Morgan fingerprint density at radius 2 is 1.70 bits per heavy atom. The van der Waals surface area contributed by atoms with Gasteiger partial charge in [0.1, 0.15) is 5.75 Å². The van der Waals surface area contributed by atoms with Gasteiger partial charge >= 0.3 is 0 Å². The molecule has 2 aromatic rings. The number of benzene rings is 2. The molecule has 1 fully saturated rings. The second-order valence-corrected chi connectivity index (χ2v) is 8.02. The van der Waals surface area contributed by atoms with E-state index in [2.05, 4.69) is 29.7 Å². The molecule has 0 aliphatic carbocycles. The first-order chi connectivity index (χ1) is 14.5. The third kappa shape index (κ3) is 4.89. The molecule has 0 radical (unpaired) electrons. The van der Waals surface area contributed by atoms with Crippen molar-refractivity contribution in [1.29, 1.82) is 0 Å². The summed E-state index contributed by atoms with van der Waals surface area (Å²) < 4.78 is 10.7. The largest absolute Gasteiger partial charge is 0.504 e. The first kappa shape index (κ1) is 22.4. The van der Waals surface area contributed by atoms with Crippen molar-refractivity contribution in [2.24, 2.45) is 0 Å². The van der Waals surface area contributed by atoms with Crippen molar-refractivity contribution in [2.45, 2.75) is 39.4 Å². The van der Waals surface area contributed by atoms with Crippen LogP contribution in [0.15, 0.2) is 30.3 Å². The Morgan fingerprint density at radius 3 is 2.40 bits per heavy atom. The van der Waals surface area contributed by atoms with Crippen LogP contribution >= 0.6 is 0 Å². The van der Waals surface area contributed by atoms with E-state index in [9.17, 15) is 10.2 Å². The van der Waals surface area contributed by atoms with E-state index in [4.69, 9.17) is 9.47 Å². The molecule has 1 atom stereocenters. The quantitative estimate of drug-likeness (QED) is 0.692. The van der Waals surface area contributed by atoms with Crippen LogP contribution in [0.4, 0.5) is 0 Å². The fourth-order valence-electron chi connectivity index (χ4n) is 4.30. The number of aliphatic hydroxyl groups is 1. The Hall–Kier alpha value is -2.28. The second-order valence-electron chi connectivity index (χ2n) is 8.02. The maximum atomic E-state index is 10.4. The monoisotopic (exact) mass is 414 g/mol. The van der Waals surface area contributed by atoms with Crippen LogP contribution < -0.4 is 9.47 Å². The number of phenols is 1. The molecule has 2 aromatic carbocycles. The fourth-order valence-corrected chi connectivity index (χ4v) is 4.30. The number of nitrogens with zero attached hydrogens (tertiary/aromatic N) is 2. The zero-order chi connectivity index (χ0) is 21.7. The number of hydrogen-bond donors (Lipinski definition) is 2. The topological polar surface area (TPSA) is 65.4 Å². The molecular weight excluding hydrogens is 380 g/mol. The van der Waals surface area contributed by atoms with E-state index in [1.165, 1.54) is 16.7 Å². The van der Waals surface area contributed by atoms with Crippen LogP contribution in [0.1, 0.15) is 28.7 Å². The third-order valence-electron chi connectivity index (χ3n) is 6.29. The van der Waals surface area contributed by atoms with Crippen LogP contribution in [0.2, 0.25) is 0 Å². The molecule has 3 rings (SSSR count). The molecular formula is C24H34N2O4. The summed E-state index contributed by atoms with van der Waals surface area (Å²) in [6.07, 6.45) is 0.731. The lowest BCUT2D eigenvalue weighted by atomic mass is 10.00. The second kappa shape index (κ2) is 10.2. The molecule has 164 valence electrons. The molecule has 0 aromatic heterocycles. The predicted octanol–water partition coefficient (Wildman–Crippen LogP) is 3.10. The molecule has 6 nitrogen and oxygen atoms in total. The van der Waals surface area contributed by atoms with E-state index in [1.807, 2.05) is 18.2 Å². The zero-order valence-electron chi connectivity index (χ0n) is 18.5. The summed E-state index contributed by atoms with van der Waals surface area (Å²) in [5, 5.41) is 20.1. The number of methoxy groups -OCH3 is 2. The van der Waals surface area contributed by atoms with Gasteiger partial charge in [-0.1, -0.05) is 18.2 Å². The van der Waals surface area contributed by atoms with Gasteiger partial charge in [0.15, 0.2) is 11.5 Å². The van der Waals surface area contributed by atoms with Crippen molar-refractivity contribution in [3.8, 4) is 17.2 Å². The lowest BCUT2D eigenvalue weighted by Gasteiger charge is -2.42. The summed E-state index contributed by atoms with van der Waals surface area (Å²) >= 11 is 0. The van der Waals surface area contributed by atoms with Crippen molar-refractivity contribution in [2.75, 3.05) is 40.5 Å². The van der Waals surface area contributed by atoms with Crippen LogP contribution in [0, 0.1) is 13.8 Å². The highest BCUT2D eigenvalue weighted by atomic mass is 16.5. The Balaban J connectivity index is 1.71. The highest BCUT2D eigenvalue weighted by molar-refractivity contribution is 5.45. The minimum absolute atomic E-state index is 0.167. The maximum Gasteiger partial charge on any atom is 0.162 e. The average Bonchev–Trinajstić information content (AvgIpc) is 2.75. The molecule has 0 bridgehead atoms. The van der Waals surface area contributed by atoms with Crippen LogP contribution in [0.5, 0.6) is 17.2 Å². The van der Waals surface area contributed by atoms with Crippen LogP contribution in [-0.2, 0) is 13.1 Å². The van der Waals surface area contributed by atoms with Gasteiger partial charge in [-0.25, -0.2) is 0 Å². The van der Waals surface area contributed by atoms with Crippen molar-refractivity contribution in [1.82, 2.24) is 9.80 Å². The van der Waals surface area contributed by atoms with Gasteiger partial charge in [0, 0.05) is 50.9 Å². The molecule has 2 N–H and O–H groups in total. The van der Waals surface area contributed by atoms with E-state index in [1.54, 1.807) is 20.3 Å². The number of phenolic OH excluding ortho intramolecular Hbond substituents is 1. The summed E-state index contributed by atoms with van der Waals surface area (Å²) in [5.74, 6) is 1.64. The van der Waals surface area contributed by atoms with Crippen molar-refractivity contribution < 1.29 is 19.7 Å². The fraction of sp³-hybridized carbons (Fsp3) is 0.500. The van der Waals surface area contributed by atoms with Crippen molar-refractivity contribution in [3.05, 3.63) is 52.6 Å². The van der Waals surface area contributed by atoms with E-state index < -0.39 is 0 Å². The van der Waals surface area contributed by atoms with Gasteiger partial charge in [-0.2, -0.15) is 0 Å². The Bertz CT molecular complexity index is 855. The van der Waals surface area contributed by atoms with Crippen molar-refractivity contribution in [3.63, 3.8) is 0 Å². The molecule has 0 spiro atoms. The molecule has 1 aliphatic rings. The summed E-state index contributed by atoms with van der Waals surface area (Å²) in [6.45, 7) is 8.62. The molecule has 1 heterocycles. The Morgan fingerprint density at radius 1 is 0.933 bits per heavy atom. The summed E-state index contributed by atoms with van der Waals surface area (Å²) in [4.78, 5) is 4.81. The number of aliphatic hydroxyl groups excluding tert-OH is 1. The summed E-state index contributed by atoms with van der Waals surface area (Å²) in [5.41, 5.74) is 4.61. The third-order valence-corrected chi connectivity index (χ3v) is 6.29. The molecule has 0 saturated carbocycles. The summed E-state index contributed by atoms with van der Waals surface area (Å²) in [7, 11) is 3.27. The lowest BCUT2D eigenvalue weighted by Crippen LogP contribution is -2.52. The minimum Gasteiger partial charge on any atom is -0.504 e. The minimum atomic E-state index is 0.167. The Kier molecular flexibility index (Phi) is 7.58. The Labute approximate surface area is 179 Å². The highest BCUT2D eigenvalue weighted by Crippen LogP contribution is 2.31. The smallest absolute Gasteiger partial charge is 0.162 e. The highest BCUT2D eigenvalue weighted by Gasteiger charge is 2.28. The number of piperazine rings is 1. The van der Waals surface area contributed by atoms with Crippen LogP contribution in [-0.4, -0.2) is 66.5 Å². The lowest BCUT2D eigenvalue weighted by molar-refractivity contribution is 0.0494. The maximum absolute atomic E-state index is 10.4. The zero-order valence-corrected chi connectivity index (χ0v) is 18.5. The number of hydrogen-bond acceptors (Lipinski definition) is 6. The summed E-state index contributed by atoms with van der Waals surface area (Å²) in [6, 6.07) is 10.1. The normalized spacial score (nSPS) is 17.8. The van der Waals surface area contributed by atoms with E-state index in [0.29, 0.717) is 12.3 Å². The van der Waals surface area contributed by atoms with E-state index in [0.717, 1.165) is 43.9 Å². The number of ether oxygens (including phenoxy) is 2. The van der Waals surface area contributed by atoms with Gasteiger partial charge in [-0.3, -0.25) is 9.80 Å². The first-order valence-electron chi connectivity index (χ1n) is 10.5. The van der Waals surface area contributed by atoms with Crippen LogP contribution in [0.3, 0.4) is 0 Å². The van der Waals surface area contributed by atoms with Gasteiger partial charge < -0.3 is 19.7 Å². The molecule has 0 amide bonds. The molecule has 1 aliphatic heterocycles. The molecule has 1 saturated heterocycles. The van der Waals surface area contributed by atoms with Crippen molar-refractivity contribution >= 4 is 0 Å². The molecule has 1 unspecified atom stereocenters. The molecule has 30 heavy (non-hydrogen) atoms. The van der Waals surface area contributed by atoms with Gasteiger partial charge in [0.05, 0.1) is 14.2 Å². The average molecular weight is 415 g/mol.